The first-order chi connectivity index (χ1) is 13.6. The molecule has 0 spiro atoms. The number of ether oxygens (including phenoxy) is 2. The van der Waals surface area contributed by atoms with Gasteiger partial charge < -0.3 is 19.8 Å². The van der Waals surface area contributed by atoms with E-state index in [-0.39, 0.29) is 11.9 Å². The Morgan fingerprint density at radius 2 is 2.07 bits per heavy atom. The minimum atomic E-state index is -0.232. The zero-order chi connectivity index (χ0) is 19.9. The summed E-state index contributed by atoms with van der Waals surface area (Å²) in [6, 6.07) is 13.1. The van der Waals surface area contributed by atoms with Crippen molar-refractivity contribution in [3.05, 3.63) is 59.9 Å². The molecule has 0 saturated carbocycles. The molecule has 2 N–H and O–H groups in total. The molecule has 0 fully saturated rings. The molecular formula is C22H25N3O3. The number of nitrogens with zero attached hydrogens (tertiary/aromatic N) is 1. The summed E-state index contributed by atoms with van der Waals surface area (Å²) >= 11 is 0. The number of methoxy groups -OCH3 is 1. The van der Waals surface area contributed by atoms with Gasteiger partial charge in [-0.1, -0.05) is 25.1 Å². The fraction of sp³-hybridized carbons (Fsp3) is 0.273. The van der Waals surface area contributed by atoms with Crippen molar-refractivity contribution in [1.29, 1.82) is 0 Å². The molecular weight excluding hydrogens is 354 g/mol. The van der Waals surface area contributed by atoms with Gasteiger partial charge in [0.25, 0.3) is 0 Å². The molecule has 1 atom stereocenters. The number of rotatable bonds is 8. The minimum Gasteiger partial charge on any atom is -0.493 e. The Bertz CT molecular complexity index is 945. The SMILES string of the molecule is CCCOc1ccc(/C=C/C(=O)NC(C)c2nc3ccccc3[nH]2)cc1OC. The van der Waals surface area contributed by atoms with Crippen LogP contribution in [0.2, 0.25) is 0 Å². The third-order valence-electron chi connectivity index (χ3n) is 4.25. The molecule has 1 unspecified atom stereocenters. The zero-order valence-corrected chi connectivity index (χ0v) is 16.4. The van der Waals surface area contributed by atoms with E-state index >= 15 is 0 Å². The van der Waals surface area contributed by atoms with Crippen molar-refractivity contribution in [2.45, 2.75) is 26.3 Å². The molecule has 146 valence electrons. The number of para-hydroxylation sites is 2. The maximum Gasteiger partial charge on any atom is 0.244 e. The van der Waals surface area contributed by atoms with Gasteiger partial charge in [-0.25, -0.2) is 4.98 Å². The van der Waals surface area contributed by atoms with Gasteiger partial charge in [0.2, 0.25) is 5.91 Å². The summed E-state index contributed by atoms with van der Waals surface area (Å²) < 4.78 is 11.0. The summed E-state index contributed by atoms with van der Waals surface area (Å²) in [6.07, 6.45) is 4.17. The van der Waals surface area contributed by atoms with Gasteiger partial charge in [-0.05, 0) is 49.2 Å². The van der Waals surface area contributed by atoms with Crippen LogP contribution in [0.25, 0.3) is 17.1 Å². The Morgan fingerprint density at radius 1 is 1.25 bits per heavy atom. The van der Waals surface area contributed by atoms with Gasteiger partial charge in [-0.3, -0.25) is 4.79 Å². The van der Waals surface area contributed by atoms with Gasteiger partial charge in [0.05, 0.1) is 30.8 Å². The van der Waals surface area contributed by atoms with E-state index in [4.69, 9.17) is 9.47 Å². The van der Waals surface area contributed by atoms with Crippen LogP contribution in [-0.2, 0) is 4.79 Å². The van der Waals surface area contributed by atoms with Crippen molar-refractivity contribution in [3.63, 3.8) is 0 Å². The average molecular weight is 379 g/mol. The summed E-state index contributed by atoms with van der Waals surface area (Å²) in [5, 5.41) is 2.92. The molecule has 0 aliphatic heterocycles. The number of fused-ring (bicyclic) bond motifs is 1. The van der Waals surface area contributed by atoms with Crippen molar-refractivity contribution in [3.8, 4) is 11.5 Å². The highest BCUT2D eigenvalue weighted by molar-refractivity contribution is 5.92. The first kappa shape index (κ1) is 19.5. The zero-order valence-electron chi connectivity index (χ0n) is 16.4. The Balaban J connectivity index is 1.64. The van der Waals surface area contributed by atoms with E-state index in [9.17, 15) is 4.79 Å². The second-order valence-corrected chi connectivity index (χ2v) is 6.46. The van der Waals surface area contributed by atoms with Crippen LogP contribution < -0.4 is 14.8 Å². The molecule has 1 aromatic heterocycles. The van der Waals surface area contributed by atoms with Crippen molar-refractivity contribution in [2.24, 2.45) is 0 Å². The Kier molecular flexibility index (Phi) is 6.32. The quantitative estimate of drug-likeness (QED) is 0.574. The molecule has 3 rings (SSSR count). The molecule has 6 nitrogen and oxygen atoms in total. The van der Waals surface area contributed by atoms with Crippen LogP contribution in [-0.4, -0.2) is 29.6 Å². The number of aromatic amines is 1. The predicted octanol–water partition coefficient (Wildman–Crippen LogP) is 4.25. The smallest absolute Gasteiger partial charge is 0.244 e. The number of benzene rings is 2. The van der Waals surface area contributed by atoms with E-state index < -0.39 is 0 Å². The number of hydrogen-bond donors (Lipinski definition) is 2. The van der Waals surface area contributed by atoms with E-state index in [0.717, 1.165) is 28.8 Å². The van der Waals surface area contributed by atoms with Gasteiger partial charge in [0.15, 0.2) is 11.5 Å². The number of aromatic nitrogens is 2. The first-order valence-corrected chi connectivity index (χ1v) is 9.34. The van der Waals surface area contributed by atoms with E-state index in [2.05, 4.69) is 22.2 Å². The van der Waals surface area contributed by atoms with Crippen LogP contribution in [0.5, 0.6) is 11.5 Å². The highest BCUT2D eigenvalue weighted by Crippen LogP contribution is 2.28. The molecule has 1 heterocycles. The van der Waals surface area contributed by atoms with Crippen LogP contribution in [0.1, 0.15) is 37.7 Å². The highest BCUT2D eigenvalue weighted by atomic mass is 16.5. The fourth-order valence-corrected chi connectivity index (χ4v) is 2.80. The van der Waals surface area contributed by atoms with Crippen LogP contribution >= 0.6 is 0 Å². The van der Waals surface area contributed by atoms with E-state index in [1.54, 1.807) is 13.2 Å². The van der Waals surface area contributed by atoms with Gasteiger partial charge in [-0.2, -0.15) is 0 Å². The van der Waals surface area contributed by atoms with Crippen LogP contribution in [0.4, 0.5) is 0 Å². The fourth-order valence-electron chi connectivity index (χ4n) is 2.80. The second-order valence-electron chi connectivity index (χ2n) is 6.46. The maximum atomic E-state index is 12.3. The van der Waals surface area contributed by atoms with Crippen molar-refractivity contribution >= 4 is 23.0 Å². The summed E-state index contributed by atoms with van der Waals surface area (Å²) in [5.74, 6) is 1.87. The monoisotopic (exact) mass is 379 g/mol. The van der Waals surface area contributed by atoms with E-state index in [1.807, 2.05) is 49.4 Å². The lowest BCUT2D eigenvalue weighted by Crippen LogP contribution is -2.25. The molecule has 1 amide bonds. The van der Waals surface area contributed by atoms with Crippen molar-refractivity contribution < 1.29 is 14.3 Å². The largest absolute Gasteiger partial charge is 0.493 e. The summed E-state index contributed by atoms with van der Waals surface area (Å²) in [5.41, 5.74) is 2.69. The summed E-state index contributed by atoms with van der Waals surface area (Å²) in [4.78, 5) is 20.0. The first-order valence-electron chi connectivity index (χ1n) is 9.34. The van der Waals surface area contributed by atoms with Gasteiger partial charge in [0, 0.05) is 6.08 Å². The molecule has 0 saturated heterocycles. The molecule has 0 aliphatic rings. The predicted molar refractivity (Wildman–Crippen MR) is 110 cm³/mol. The second kappa shape index (κ2) is 9.08. The number of amides is 1. The maximum absolute atomic E-state index is 12.3. The lowest BCUT2D eigenvalue weighted by molar-refractivity contribution is -0.117. The number of imidazole rings is 1. The summed E-state index contributed by atoms with van der Waals surface area (Å²) in [7, 11) is 1.60. The number of hydrogen-bond acceptors (Lipinski definition) is 4. The Hall–Kier alpha value is -3.28. The van der Waals surface area contributed by atoms with Gasteiger partial charge in [0.1, 0.15) is 5.82 Å². The lowest BCUT2D eigenvalue weighted by Gasteiger charge is -2.11. The molecule has 0 radical (unpaired) electrons. The number of H-pyrrole nitrogens is 1. The van der Waals surface area contributed by atoms with Crippen molar-refractivity contribution in [1.82, 2.24) is 15.3 Å². The Morgan fingerprint density at radius 3 is 2.82 bits per heavy atom. The number of nitrogens with one attached hydrogen (secondary N) is 2. The van der Waals surface area contributed by atoms with E-state index in [1.165, 1.54) is 6.08 Å². The van der Waals surface area contributed by atoms with Crippen LogP contribution in [0, 0.1) is 0 Å². The Labute approximate surface area is 164 Å². The normalized spacial score (nSPS) is 12.2. The molecule has 6 heteroatoms. The average Bonchev–Trinajstić information content (AvgIpc) is 3.15. The highest BCUT2D eigenvalue weighted by Gasteiger charge is 2.12. The van der Waals surface area contributed by atoms with Crippen LogP contribution in [0.15, 0.2) is 48.5 Å². The minimum absolute atomic E-state index is 0.196. The standard InChI is InChI=1S/C22H25N3O3/c1-4-13-28-19-11-9-16(14-20(19)27-3)10-12-21(26)23-15(2)22-24-17-7-5-6-8-18(17)25-22/h5-12,14-15H,4,13H2,1-3H3,(H,23,26)(H,24,25)/b12-10+. The van der Waals surface area contributed by atoms with Gasteiger partial charge in [-0.15, -0.1) is 0 Å². The molecule has 0 aliphatic carbocycles. The summed E-state index contributed by atoms with van der Waals surface area (Å²) in [6.45, 7) is 4.58. The molecule has 28 heavy (non-hydrogen) atoms. The number of carbonyl (C=O) groups is 1. The van der Waals surface area contributed by atoms with Crippen LogP contribution in [0.3, 0.4) is 0 Å². The topological polar surface area (TPSA) is 76.2 Å². The van der Waals surface area contributed by atoms with Gasteiger partial charge >= 0.3 is 0 Å². The van der Waals surface area contributed by atoms with Crippen molar-refractivity contribution in [2.75, 3.05) is 13.7 Å². The number of carbonyl (C=O) groups excluding carboxylic acids is 1. The molecule has 3 aromatic rings. The third kappa shape index (κ3) is 4.71. The molecule has 0 bridgehead atoms. The third-order valence-corrected chi connectivity index (χ3v) is 4.25. The molecule has 2 aromatic carbocycles. The lowest BCUT2D eigenvalue weighted by atomic mass is 10.2. The van der Waals surface area contributed by atoms with E-state index in [0.29, 0.717) is 18.1 Å².